The minimum atomic E-state index is -0.778. The molecule has 3 nitrogen and oxygen atoms in total. The number of hydrogen-bond acceptors (Lipinski definition) is 3. The van der Waals surface area contributed by atoms with Crippen LogP contribution in [0.4, 0.5) is 0 Å². The summed E-state index contributed by atoms with van der Waals surface area (Å²) in [6, 6.07) is 0. The highest BCUT2D eigenvalue weighted by Gasteiger charge is 2.13. The summed E-state index contributed by atoms with van der Waals surface area (Å²) in [7, 11) is 0. The first kappa shape index (κ1) is 29.2. The minimum Gasteiger partial charge on any atom is -0.466 e. The molecule has 0 heterocycles. The lowest BCUT2D eigenvalue weighted by atomic mass is 9.91. The van der Waals surface area contributed by atoms with E-state index in [1.165, 1.54) is 56.9 Å². The zero-order valence-corrected chi connectivity index (χ0v) is 21.3. The maximum atomic E-state index is 11.7. The van der Waals surface area contributed by atoms with Gasteiger partial charge in [-0.3, -0.25) is 4.79 Å². The zero-order chi connectivity index (χ0) is 23.0. The minimum absolute atomic E-state index is 0.171. The highest BCUT2D eigenvalue weighted by atomic mass is 16.5. The Morgan fingerprint density at radius 2 is 1.43 bits per heavy atom. The van der Waals surface area contributed by atoms with E-state index in [0.717, 1.165) is 30.6 Å². The van der Waals surface area contributed by atoms with Crippen molar-refractivity contribution in [3.05, 3.63) is 11.6 Å². The number of aliphatic hydroxyl groups is 1. The van der Waals surface area contributed by atoms with E-state index in [9.17, 15) is 9.90 Å². The number of rotatable bonds is 18. The second-order valence-corrected chi connectivity index (χ2v) is 10.7. The van der Waals surface area contributed by atoms with Crippen LogP contribution in [0, 0.1) is 17.8 Å². The van der Waals surface area contributed by atoms with Crippen LogP contribution in [0.1, 0.15) is 126 Å². The summed E-state index contributed by atoms with van der Waals surface area (Å²) in [5.74, 6) is 2.36. The first-order valence-electron chi connectivity index (χ1n) is 12.5. The van der Waals surface area contributed by atoms with Gasteiger partial charge in [0.25, 0.3) is 0 Å². The lowest BCUT2D eigenvalue weighted by molar-refractivity contribution is -0.144. The summed E-state index contributed by atoms with van der Waals surface area (Å²) >= 11 is 0. The summed E-state index contributed by atoms with van der Waals surface area (Å²) in [5.41, 5.74) is 0.602. The smallest absolute Gasteiger partial charge is 0.306 e. The zero-order valence-electron chi connectivity index (χ0n) is 21.3. The van der Waals surface area contributed by atoms with E-state index in [1.54, 1.807) is 13.8 Å². The van der Waals surface area contributed by atoms with Gasteiger partial charge in [-0.2, -0.15) is 0 Å². The van der Waals surface area contributed by atoms with Crippen LogP contribution in [0.2, 0.25) is 0 Å². The molecule has 0 bridgehead atoms. The predicted octanol–water partition coefficient (Wildman–Crippen LogP) is 7.86. The van der Waals surface area contributed by atoms with Crippen molar-refractivity contribution in [3.63, 3.8) is 0 Å². The van der Waals surface area contributed by atoms with Gasteiger partial charge in [0.05, 0.1) is 12.2 Å². The standard InChI is InChI=1S/C27H52O3/c1-22(2)12-8-13-23(3)14-9-15-24(4)16-10-17-25(5)18-11-19-26(28)30-21-20-27(6,7)29/h18,22-24,29H,8-17,19-21H2,1-7H3/b25-18+. The van der Waals surface area contributed by atoms with Crippen molar-refractivity contribution >= 4 is 5.97 Å². The van der Waals surface area contributed by atoms with Crippen LogP contribution in [0.15, 0.2) is 11.6 Å². The number of esters is 1. The highest BCUT2D eigenvalue weighted by Crippen LogP contribution is 2.22. The quantitative estimate of drug-likeness (QED) is 0.180. The summed E-state index contributed by atoms with van der Waals surface area (Å²) in [6.07, 6.45) is 15.8. The Kier molecular flexibility index (Phi) is 16.3. The molecular weight excluding hydrogens is 372 g/mol. The van der Waals surface area contributed by atoms with Crippen LogP contribution in [0.25, 0.3) is 0 Å². The molecule has 178 valence electrons. The topological polar surface area (TPSA) is 46.5 Å². The molecule has 0 aliphatic heterocycles. The maximum Gasteiger partial charge on any atom is 0.306 e. The molecule has 2 atom stereocenters. The number of carbonyl (C=O) groups is 1. The van der Waals surface area contributed by atoms with Gasteiger partial charge in [-0.15, -0.1) is 0 Å². The van der Waals surface area contributed by atoms with Crippen molar-refractivity contribution < 1.29 is 14.6 Å². The summed E-state index contributed by atoms with van der Waals surface area (Å²) in [6.45, 7) is 15.4. The number of ether oxygens (including phenoxy) is 1. The van der Waals surface area contributed by atoms with Crippen molar-refractivity contribution in [1.82, 2.24) is 0 Å². The third-order valence-electron chi connectivity index (χ3n) is 5.96. The molecule has 0 aromatic carbocycles. The van der Waals surface area contributed by atoms with Gasteiger partial charge < -0.3 is 9.84 Å². The lowest BCUT2D eigenvalue weighted by Gasteiger charge is -2.16. The molecule has 0 fully saturated rings. The van der Waals surface area contributed by atoms with Gasteiger partial charge in [-0.05, 0) is 57.8 Å². The van der Waals surface area contributed by atoms with Crippen molar-refractivity contribution in [3.8, 4) is 0 Å². The normalized spacial score (nSPS) is 14.8. The second kappa shape index (κ2) is 16.8. The third-order valence-corrected chi connectivity index (χ3v) is 5.96. The monoisotopic (exact) mass is 424 g/mol. The Morgan fingerprint density at radius 3 is 1.97 bits per heavy atom. The molecule has 2 unspecified atom stereocenters. The molecule has 0 rings (SSSR count). The fourth-order valence-corrected chi connectivity index (χ4v) is 3.73. The van der Waals surface area contributed by atoms with E-state index in [2.05, 4.69) is 40.7 Å². The van der Waals surface area contributed by atoms with Gasteiger partial charge in [0.2, 0.25) is 0 Å². The van der Waals surface area contributed by atoms with E-state index < -0.39 is 5.60 Å². The molecule has 0 amide bonds. The van der Waals surface area contributed by atoms with Crippen molar-refractivity contribution in [2.45, 2.75) is 131 Å². The SMILES string of the molecule is C/C(=C\CCC(=O)OCCC(C)(C)O)CCCC(C)CCCC(C)CCCC(C)C. The fourth-order valence-electron chi connectivity index (χ4n) is 3.73. The molecule has 0 spiro atoms. The van der Waals surface area contributed by atoms with E-state index in [1.807, 2.05) is 0 Å². The van der Waals surface area contributed by atoms with Crippen molar-refractivity contribution in [2.24, 2.45) is 17.8 Å². The Balaban J connectivity index is 3.74. The van der Waals surface area contributed by atoms with Crippen LogP contribution in [-0.4, -0.2) is 23.3 Å². The molecule has 30 heavy (non-hydrogen) atoms. The van der Waals surface area contributed by atoms with E-state index in [-0.39, 0.29) is 5.97 Å². The maximum absolute atomic E-state index is 11.7. The molecule has 3 heteroatoms. The molecule has 0 saturated heterocycles. The highest BCUT2D eigenvalue weighted by molar-refractivity contribution is 5.69. The van der Waals surface area contributed by atoms with E-state index >= 15 is 0 Å². The Hall–Kier alpha value is -0.830. The molecule has 0 aliphatic carbocycles. The molecule has 1 N–H and O–H groups in total. The van der Waals surface area contributed by atoms with Gasteiger partial charge in [0, 0.05) is 12.8 Å². The first-order chi connectivity index (χ1) is 14.0. The van der Waals surface area contributed by atoms with E-state index in [4.69, 9.17) is 4.74 Å². The lowest BCUT2D eigenvalue weighted by Crippen LogP contribution is -2.22. The van der Waals surface area contributed by atoms with Gasteiger partial charge >= 0.3 is 5.97 Å². The van der Waals surface area contributed by atoms with Crippen molar-refractivity contribution in [1.29, 1.82) is 0 Å². The van der Waals surface area contributed by atoms with Crippen LogP contribution in [0.5, 0.6) is 0 Å². The van der Waals surface area contributed by atoms with Crippen LogP contribution in [-0.2, 0) is 9.53 Å². The Morgan fingerprint density at radius 1 is 0.900 bits per heavy atom. The first-order valence-corrected chi connectivity index (χ1v) is 12.5. The number of allylic oxidation sites excluding steroid dienone is 2. The Bertz CT molecular complexity index is 459. The summed E-state index contributed by atoms with van der Waals surface area (Å²) in [4.78, 5) is 11.7. The van der Waals surface area contributed by atoms with E-state index in [0.29, 0.717) is 19.4 Å². The number of hydrogen-bond donors (Lipinski definition) is 1. The fraction of sp³-hybridized carbons (Fsp3) is 0.889. The van der Waals surface area contributed by atoms with Crippen molar-refractivity contribution in [2.75, 3.05) is 6.61 Å². The largest absolute Gasteiger partial charge is 0.466 e. The average molecular weight is 425 g/mol. The molecule has 0 aromatic heterocycles. The predicted molar refractivity (Wildman–Crippen MR) is 130 cm³/mol. The molecule has 0 aromatic rings. The number of carbonyl (C=O) groups excluding carboxylic acids is 1. The van der Waals surface area contributed by atoms with Gasteiger partial charge in [-0.25, -0.2) is 0 Å². The van der Waals surface area contributed by atoms with Gasteiger partial charge in [0.15, 0.2) is 0 Å². The average Bonchev–Trinajstić information content (AvgIpc) is 2.60. The molecule has 0 saturated carbocycles. The second-order valence-electron chi connectivity index (χ2n) is 10.7. The Labute approximate surface area is 188 Å². The van der Waals surface area contributed by atoms with Gasteiger partial charge in [-0.1, -0.05) is 84.3 Å². The molecular formula is C27H52O3. The molecule has 0 aliphatic rings. The van der Waals surface area contributed by atoms with Crippen LogP contribution in [0.3, 0.4) is 0 Å². The van der Waals surface area contributed by atoms with Crippen LogP contribution >= 0.6 is 0 Å². The summed E-state index contributed by atoms with van der Waals surface area (Å²) < 4.78 is 5.17. The molecule has 0 radical (unpaired) electrons. The summed E-state index contributed by atoms with van der Waals surface area (Å²) in [5, 5.41) is 9.62. The van der Waals surface area contributed by atoms with Crippen LogP contribution < -0.4 is 0 Å². The van der Waals surface area contributed by atoms with Gasteiger partial charge in [0.1, 0.15) is 0 Å². The third kappa shape index (κ3) is 20.4.